The van der Waals surface area contributed by atoms with Crippen LogP contribution in [0.4, 0.5) is 0 Å². The predicted octanol–water partition coefficient (Wildman–Crippen LogP) is 1.84. The van der Waals surface area contributed by atoms with Gasteiger partial charge in [-0.2, -0.15) is 5.10 Å². The first-order valence-corrected chi connectivity index (χ1v) is 9.39. The van der Waals surface area contributed by atoms with Gasteiger partial charge >= 0.3 is 0 Å². The fourth-order valence-corrected chi connectivity index (χ4v) is 3.41. The molecule has 1 amide bonds. The minimum absolute atomic E-state index is 0.0547. The average molecular weight is 372 g/mol. The van der Waals surface area contributed by atoms with Crippen molar-refractivity contribution in [3.8, 4) is 11.5 Å². The Labute approximate surface area is 160 Å². The summed E-state index contributed by atoms with van der Waals surface area (Å²) < 4.78 is 12.9. The second-order valence-electron chi connectivity index (χ2n) is 6.87. The molecule has 0 aliphatic carbocycles. The minimum Gasteiger partial charge on any atom is -0.493 e. The van der Waals surface area contributed by atoms with Gasteiger partial charge in [0.15, 0.2) is 11.5 Å². The van der Waals surface area contributed by atoms with E-state index in [1.165, 1.54) is 0 Å². The normalized spacial score (nSPS) is 19.1. The van der Waals surface area contributed by atoms with Crippen LogP contribution < -0.4 is 20.1 Å². The number of carbonyl (C=O) groups is 1. The second-order valence-corrected chi connectivity index (χ2v) is 6.87. The minimum atomic E-state index is -0.0942. The maximum atomic E-state index is 12.7. The molecule has 1 aromatic heterocycles. The second kappa shape index (κ2) is 8.90. The van der Waals surface area contributed by atoms with Crippen LogP contribution in [0, 0.1) is 5.92 Å². The summed E-state index contributed by atoms with van der Waals surface area (Å²) in [4.78, 5) is 12.7. The van der Waals surface area contributed by atoms with Crippen molar-refractivity contribution in [3.63, 3.8) is 0 Å². The molecule has 2 heterocycles. The number of ether oxygens (including phenoxy) is 2. The number of carbonyl (C=O) groups excluding carboxylic acids is 1. The van der Waals surface area contributed by atoms with Gasteiger partial charge in [-0.1, -0.05) is 13.0 Å². The Morgan fingerprint density at radius 3 is 2.93 bits per heavy atom. The lowest BCUT2D eigenvalue weighted by molar-refractivity contribution is -0.125. The first-order valence-electron chi connectivity index (χ1n) is 9.39. The van der Waals surface area contributed by atoms with Crippen molar-refractivity contribution in [2.75, 3.05) is 26.8 Å². The van der Waals surface area contributed by atoms with Crippen LogP contribution in [0.15, 0.2) is 30.6 Å². The quantitative estimate of drug-likeness (QED) is 0.739. The Balaban J connectivity index is 1.61. The Morgan fingerprint density at radius 2 is 2.22 bits per heavy atom. The third-order valence-corrected chi connectivity index (χ3v) is 4.86. The van der Waals surface area contributed by atoms with E-state index < -0.39 is 0 Å². The van der Waals surface area contributed by atoms with Gasteiger partial charge in [0, 0.05) is 38.8 Å². The molecule has 7 nitrogen and oxygen atoms in total. The van der Waals surface area contributed by atoms with Crippen molar-refractivity contribution in [2.24, 2.45) is 13.0 Å². The molecule has 1 fully saturated rings. The van der Waals surface area contributed by atoms with Crippen LogP contribution >= 0.6 is 0 Å². The Kier molecular flexibility index (Phi) is 6.34. The van der Waals surface area contributed by atoms with Crippen LogP contribution in [0.2, 0.25) is 0 Å². The van der Waals surface area contributed by atoms with Gasteiger partial charge in [0.05, 0.1) is 25.8 Å². The van der Waals surface area contributed by atoms with E-state index in [0.717, 1.165) is 29.8 Å². The van der Waals surface area contributed by atoms with Gasteiger partial charge in [0.1, 0.15) is 0 Å². The van der Waals surface area contributed by atoms with E-state index in [1.54, 1.807) is 11.8 Å². The van der Waals surface area contributed by atoms with Crippen molar-refractivity contribution in [1.29, 1.82) is 0 Å². The van der Waals surface area contributed by atoms with Crippen molar-refractivity contribution in [2.45, 2.75) is 25.8 Å². The summed E-state index contributed by atoms with van der Waals surface area (Å²) in [6.45, 7) is 4.64. The van der Waals surface area contributed by atoms with Crippen LogP contribution in [0.25, 0.3) is 0 Å². The molecule has 27 heavy (non-hydrogen) atoms. The molecule has 3 rings (SSSR count). The van der Waals surface area contributed by atoms with E-state index in [4.69, 9.17) is 9.47 Å². The Morgan fingerprint density at radius 1 is 1.37 bits per heavy atom. The molecular weight excluding hydrogens is 344 g/mol. The van der Waals surface area contributed by atoms with Gasteiger partial charge in [-0.15, -0.1) is 0 Å². The molecule has 2 aromatic rings. The highest BCUT2D eigenvalue weighted by Crippen LogP contribution is 2.29. The topological polar surface area (TPSA) is 77.4 Å². The van der Waals surface area contributed by atoms with Gasteiger partial charge in [-0.3, -0.25) is 9.48 Å². The molecule has 1 aliphatic heterocycles. The maximum absolute atomic E-state index is 12.7. The number of nitrogens with zero attached hydrogens (tertiary/aromatic N) is 2. The summed E-state index contributed by atoms with van der Waals surface area (Å²) in [6.07, 6.45) is 4.77. The molecule has 2 N–H and O–H groups in total. The van der Waals surface area contributed by atoms with Gasteiger partial charge in [0.25, 0.3) is 0 Å². The molecule has 0 saturated carbocycles. The summed E-state index contributed by atoms with van der Waals surface area (Å²) >= 11 is 0. The van der Waals surface area contributed by atoms with Crippen molar-refractivity contribution < 1.29 is 14.3 Å². The zero-order valence-electron chi connectivity index (χ0n) is 16.2. The lowest BCUT2D eigenvalue weighted by Crippen LogP contribution is -2.33. The molecule has 0 spiro atoms. The van der Waals surface area contributed by atoms with Gasteiger partial charge in [-0.25, -0.2) is 0 Å². The predicted molar refractivity (Wildman–Crippen MR) is 103 cm³/mol. The summed E-state index contributed by atoms with van der Waals surface area (Å²) in [7, 11) is 3.52. The largest absolute Gasteiger partial charge is 0.493 e. The number of nitrogens with one attached hydrogen (secondary N) is 2. The zero-order chi connectivity index (χ0) is 19.2. The Hall–Kier alpha value is -2.54. The van der Waals surface area contributed by atoms with Crippen LogP contribution in [-0.2, 0) is 18.4 Å². The Bertz CT molecular complexity index is 774. The van der Waals surface area contributed by atoms with E-state index in [1.807, 2.05) is 37.6 Å². The van der Waals surface area contributed by atoms with E-state index in [-0.39, 0.29) is 17.7 Å². The molecule has 1 aliphatic rings. The van der Waals surface area contributed by atoms with Crippen LogP contribution in [0.1, 0.15) is 30.4 Å². The first kappa shape index (κ1) is 19.2. The number of hydrogen-bond donors (Lipinski definition) is 2. The number of benzene rings is 1. The van der Waals surface area contributed by atoms with Gasteiger partial charge in [0.2, 0.25) is 5.91 Å². The van der Waals surface area contributed by atoms with E-state index in [0.29, 0.717) is 25.4 Å². The monoisotopic (exact) mass is 372 g/mol. The molecule has 1 saturated heterocycles. The molecule has 1 aromatic carbocycles. The SMILES string of the molecule is CCCOc1ccc(CNC(=O)[C@H]2CNC[C@@H]2c2cnn(C)c2)cc1OC. The van der Waals surface area contributed by atoms with E-state index >= 15 is 0 Å². The van der Waals surface area contributed by atoms with E-state index in [9.17, 15) is 4.79 Å². The van der Waals surface area contributed by atoms with Crippen molar-refractivity contribution >= 4 is 5.91 Å². The highest BCUT2D eigenvalue weighted by molar-refractivity contribution is 5.80. The van der Waals surface area contributed by atoms with Gasteiger partial charge < -0.3 is 20.1 Å². The third-order valence-electron chi connectivity index (χ3n) is 4.86. The number of aromatic nitrogens is 2. The van der Waals surface area contributed by atoms with Crippen molar-refractivity contribution in [3.05, 3.63) is 41.7 Å². The molecule has 0 unspecified atom stereocenters. The van der Waals surface area contributed by atoms with Gasteiger partial charge in [-0.05, 0) is 29.7 Å². The fraction of sp³-hybridized carbons (Fsp3) is 0.500. The molecule has 7 heteroatoms. The molecule has 2 atom stereocenters. The molecule has 0 bridgehead atoms. The highest BCUT2D eigenvalue weighted by Gasteiger charge is 2.34. The summed E-state index contributed by atoms with van der Waals surface area (Å²) in [6, 6.07) is 5.77. The molecule has 0 radical (unpaired) electrons. The third kappa shape index (κ3) is 4.60. The van der Waals surface area contributed by atoms with Crippen LogP contribution in [0.5, 0.6) is 11.5 Å². The number of hydrogen-bond acceptors (Lipinski definition) is 5. The van der Waals surface area contributed by atoms with E-state index in [2.05, 4.69) is 22.7 Å². The number of methoxy groups -OCH3 is 1. The summed E-state index contributed by atoms with van der Waals surface area (Å²) in [5.74, 6) is 1.53. The standard InChI is InChI=1S/C20H28N4O3/c1-4-7-27-18-6-5-14(8-19(18)26-3)9-22-20(25)17-12-21-11-16(17)15-10-23-24(2)13-15/h5-6,8,10,13,16-17,21H,4,7,9,11-12H2,1-3H3,(H,22,25)/t16-,17+/m1/s1. The number of amides is 1. The number of aryl methyl sites for hydroxylation is 1. The molecule has 146 valence electrons. The fourth-order valence-electron chi connectivity index (χ4n) is 3.41. The maximum Gasteiger partial charge on any atom is 0.225 e. The zero-order valence-corrected chi connectivity index (χ0v) is 16.2. The lowest BCUT2D eigenvalue weighted by Gasteiger charge is -2.17. The highest BCUT2D eigenvalue weighted by atomic mass is 16.5. The van der Waals surface area contributed by atoms with Crippen LogP contribution in [0.3, 0.4) is 0 Å². The molecular formula is C20H28N4O3. The summed E-state index contributed by atoms with van der Waals surface area (Å²) in [5, 5.41) is 10.6. The first-order chi connectivity index (χ1) is 13.1. The van der Waals surface area contributed by atoms with Crippen LogP contribution in [-0.4, -0.2) is 42.5 Å². The lowest BCUT2D eigenvalue weighted by atomic mass is 9.90. The average Bonchev–Trinajstić information content (AvgIpc) is 3.33. The van der Waals surface area contributed by atoms with Crippen molar-refractivity contribution in [1.82, 2.24) is 20.4 Å². The number of rotatable bonds is 8. The summed E-state index contributed by atoms with van der Waals surface area (Å²) in [5.41, 5.74) is 2.08. The smallest absolute Gasteiger partial charge is 0.225 e.